The second kappa shape index (κ2) is 14.5. The number of phenolic OH excluding ortho intramolecular Hbond substituents is 1. The fourth-order valence-electron chi connectivity index (χ4n) is 6.82. The number of aryl methyl sites for hydroxylation is 2. The summed E-state index contributed by atoms with van der Waals surface area (Å²) in [6, 6.07) is 38.0. The monoisotopic (exact) mass is 874 g/mol. The number of benzene rings is 6. The predicted octanol–water partition coefficient (Wildman–Crippen LogP) is 12.2. The van der Waals surface area contributed by atoms with E-state index in [2.05, 4.69) is 67.8 Å². The third kappa shape index (κ3) is 6.88. The summed E-state index contributed by atoms with van der Waals surface area (Å²) in [5.74, 6) is 0.773. The van der Waals surface area contributed by atoms with Gasteiger partial charge in [-0.3, -0.25) is 9.55 Å². The minimum Gasteiger partial charge on any atom is -0.507 e. The van der Waals surface area contributed by atoms with Crippen LogP contribution in [0, 0.1) is 19.9 Å². The Morgan fingerprint density at radius 2 is 1.42 bits per heavy atom. The second-order valence-electron chi connectivity index (χ2n) is 14.2. The Balaban J connectivity index is 0.00000512. The van der Waals surface area contributed by atoms with Crippen LogP contribution in [0.25, 0.3) is 72.7 Å². The molecule has 53 heavy (non-hydrogen) atoms. The molecule has 4 nitrogen and oxygen atoms in total. The van der Waals surface area contributed by atoms with E-state index in [0.29, 0.717) is 28.2 Å². The van der Waals surface area contributed by atoms with E-state index in [1.54, 1.807) is 18.3 Å². The summed E-state index contributed by atoms with van der Waals surface area (Å²) >= 11 is 0. The molecule has 0 spiro atoms. The van der Waals surface area contributed by atoms with Crippen LogP contribution in [0.5, 0.6) is 5.75 Å². The van der Waals surface area contributed by atoms with Crippen LogP contribution in [0.1, 0.15) is 44.3 Å². The van der Waals surface area contributed by atoms with Gasteiger partial charge in [0, 0.05) is 38.5 Å². The van der Waals surface area contributed by atoms with E-state index < -0.39 is 6.04 Å². The van der Waals surface area contributed by atoms with Gasteiger partial charge < -0.3 is 5.11 Å². The van der Waals surface area contributed by atoms with Crippen molar-refractivity contribution in [2.24, 2.45) is 0 Å². The van der Waals surface area contributed by atoms with Gasteiger partial charge in [-0.25, -0.2) is 4.98 Å². The van der Waals surface area contributed by atoms with E-state index in [9.17, 15) is 5.11 Å². The van der Waals surface area contributed by atoms with Crippen molar-refractivity contribution in [2.75, 3.05) is 0 Å². The number of phenols is 1. The number of imidazole rings is 1. The van der Waals surface area contributed by atoms with Crippen LogP contribution >= 0.6 is 0 Å². The normalized spacial score (nSPS) is 12.7. The zero-order valence-corrected chi connectivity index (χ0v) is 32.3. The average Bonchev–Trinajstić information content (AvgIpc) is 3.60. The zero-order chi connectivity index (χ0) is 40.3. The second-order valence-corrected chi connectivity index (χ2v) is 14.2. The number of nitrogens with zero attached hydrogens (tertiary/aromatic N) is 3. The van der Waals surface area contributed by atoms with E-state index in [1.807, 2.05) is 74.5 Å². The van der Waals surface area contributed by atoms with Gasteiger partial charge >= 0.3 is 0 Å². The van der Waals surface area contributed by atoms with Crippen LogP contribution in [0.4, 0.5) is 0 Å². The van der Waals surface area contributed by atoms with Crippen molar-refractivity contribution < 1.29 is 33.0 Å². The fraction of sp³-hybridized carbons (Fsp3) is 0.125. The van der Waals surface area contributed by atoms with Crippen LogP contribution in [0.2, 0.25) is 0 Å². The van der Waals surface area contributed by atoms with Gasteiger partial charge in [-0.15, -0.1) is 29.3 Å². The van der Waals surface area contributed by atoms with E-state index >= 15 is 0 Å². The third-order valence-electron chi connectivity index (χ3n) is 9.45. The largest absolute Gasteiger partial charge is 0.507 e. The number of hydrogen-bond acceptors (Lipinski definition) is 3. The zero-order valence-electron chi connectivity index (χ0n) is 35.1. The summed E-state index contributed by atoms with van der Waals surface area (Å²) in [5, 5.41) is 11.6. The van der Waals surface area contributed by atoms with Gasteiger partial charge in [-0.05, 0) is 71.3 Å². The molecule has 264 valence electrons. The first-order valence-corrected chi connectivity index (χ1v) is 17.3. The quantitative estimate of drug-likeness (QED) is 0.169. The molecule has 0 aliphatic carbocycles. The molecule has 2 aromatic heterocycles. The van der Waals surface area contributed by atoms with Crippen molar-refractivity contribution in [1.29, 1.82) is 0 Å². The van der Waals surface area contributed by atoms with Crippen molar-refractivity contribution in [3.63, 3.8) is 0 Å². The van der Waals surface area contributed by atoms with Gasteiger partial charge in [0.25, 0.3) is 0 Å². The Bertz CT molecular complexity index is 2850. The number of aromatic hydroxyl groups is 1. The van der Waals surface area contributed by atoms with Gasteiger partial charge in [-0.2, -0.15) is 0 Å². The molecule has 1 N–H and O–H groups in total. The molecule has 0 bridgehead atoms. The maximum Gasteiger partial charge on any atom is 0.148 e. The molecular weight excluding hydrogens is 830 g/mol. The van der Waals surface area contributed by atoms with Gasteiger partial charge in [0.05, 0.1) is 29.1 Å². The van der Waals surface area contributed by atoms with E-state index in [-0.39, 0.29) is 62.0 Å². The smallest absolute Gasteiger partial charge is 0.148 e. The fourth-order valence-corrected chi connectivity index (χ4v) is 6.82. The Morgan fingerprint density at radius 3 is 2.19 bits per heavy atom. The summed E-state index contributed by atoms with van der Waals surface area (Å²) < 4.78 is 43.9. The SMILES string of the molecule is [2H]c1c([2H])c([2H])c(-c2ccnc(-c3[c-]c(-c4cccc5c4nc(-c4cc(C)cc(C)c4O)n5-c4ccccc4-c4ccccc4)cc(C(C)(C)C)c3)c2)c([2H])c1[2H].[Pt]. The minimum atomic E-state index is -0.435. The molecule has 0 atom stereocenters. The van der Waals surface area contributed by atoms with Gasteiger partial charge in [-0.1, -0.05) is 135 Å². The maximum atomic E-state index is 11.6. The summed E-state index contributed by atoms with van der Waals surface area (Å²) in [7, 11) is 0. The molecule has 2 heterocycles. The summed E-state index contributed by atoms with van der Waals surface area (Å²) in [5.41, 5.74) is 11.1. The summed E-state index contributed by atoms with van der Waals surface area (Å²) in [6.45, 7) is 10.3. The van der Waals surface area contributed by atoms with E-state index in [1.165, 1.54) is 0 Å². The van der Waals surface area contributed by atoms with E-state index in [0.717, 1.165) is 55.7 Å². The van der Waals surface area contributed by atoms with Crippen LogP contribution in [0.3, 0.4) is 0 Å². The molecular formula is C48H40N3OPt-. The summed E-state index contributed by atoms with van der Waals surface area (Å²) in [4.78, 5) is 10.1. The first-order chi connectivity index (χ1) is 27.2. The topological polar surface area (TPSA) is 50.9 Å². The Labute approximate surface area is 333 Å². The number of aromatic nitrogens is 3. The maximum absolute atomic E-state index is 11.6. The van der Waals surface area contributed by atoms with Crippen molar-refractivity contribution in [1.82, 2.24) is 14.5 Å². The van der Waals surface area contributed by atoms with Gasteiger partial charge in [0.15, 0.2) is 0 Å². The molecule has 8 rings (SSSR count). The first kappa shape index (κ1) is 29.9. The molecule has 0 saturated heterocycles. The third-order valence-corrected chi connectivity index (χ3v) is 9.45. The van der Waals surface area contributed by atoms with Crippen LogP contribution in [-0.4, -0.2) is 19.6 Å². The van der Waals surface area contributed by atoms with Crippen molar-refractivity contribution in [3.05, 3.63) is 168 Å². The molecule has 5 heteroatoms. The Hall–Kier alpha value is -5.57. The molecule has 0 amide bonds. The van der Waals surface area contributed by atoms with Gasteiger partial charge in [0.2, 0.25) is 0 Å². The van der Waals surface area contributed by atoms with E-state index in [4.69, 9.17) is 16.8 Å². The number of rotatable bonds is 6. The molecule has 6 aromatic carbocycles. The predicted molar refractivity (Wildman–Crippen MR) is 215 cm³/mol. The molecule has 0 radical (unpaired) electrons. The molecule has 0 aliphatic rings. The van der Waals surface area contributed by atoms with Crippen LogP contribution in [-0.2, 0) is 26.5 Å². The molecule has 8 aromatic rings. The van der Waals surface area contributed by atoms with Crippen molar-refractivity contribution >= 4 is 11.0 Å². The molecule has 0 saturated carbocycles. The average molecular weight is 875 g/mol. The first-order valence-electron chi connectivity index (χ1n) is 19.8. The number of pyridine rings is 1. The number of para-hydroxylation sites is 2. The van der Waals surface area contributed by atoms with Crippen LogP contribution < -0.4 is 0 Å². The Kier molecular flexibility index (Phi) is 8.17. The Morgan fingerprint density at radius 1 is 0.698 bits per heavy atom. The minimum absolute atomic E-state index is 0. The van der Waals surface area contributed by atoms with Crippen molar-refractivity contribution in [2.45, 2.75) is 40.0 Å². The molecule has 0 unspecified atom stereocenters. The number of fused-ring (bicyclic) bond motifs is 1. The standard InChI is InChI=1S/C48H40N3O.Pt/c1-31-25-32(2)46(52)41(26-31)47-50-45-40(20-14-22-44(45)51(47)43-21-13-12-19-39(43)34-17-10-7-11-18-34)36-27-37(29-38(28-36)48(3,4)5)42-30-35(23-24-49-42)33-15-8-6-9-16-33;/h6-26,28-30,52H,1-5H3;/q-1;/i6D,8D,9D,15D,16D;. The van der Waals surface area contributed by atoms with Gasteiger partial charge in [0.1, 0.15) is 11.6 Å². The molecule has 0 fully saturated rings. The number of hydrogen-bond donors (Lipinski definition) is 1. The van der Waals surface area contributed by atoms with Crippen molar-refractivity contribution in [3.8, 4) is 67.5 Å². The van der Waals surface area contributed by atoms with Crippen LogP contribution in [0.15, 0.2) is 146 Å². The summed E-state index contributed by atoms with van der Waals surface area (Å²) in [6.07, 6.45) is 1.60. The molecule has 0 aliphatic heterocycles.